The van der Waals surface area contributed by atoms with Gasteiger partial charge in [-0.05, 0) is 42.3 Å². The minimum atomic E-state index is -0.269. The number of carbonyl (C=O) groups is 1. The lowest BCUT2D eigenvalue weighted by molar-refractivity contribution is -0.117. The second kappa shape index (κ2) is 6.80. The minimum Gasteiger partial charge on any atom is -0.323 e. The third-order valence-corrected chi connectivity index (χ3v) is 3.84. The number of aromatic nitrogens is 4. The molecule has 1 heterocycles. The molecule has 1 amide bonds. The fraction of sp³-hybridized carbons (Fsp3) is 0.176. The summed E-state index contributed by atoms with van der Waals surface area (Å²) >= 11 is 6.11. The number of benzene rings is 2. The molecule has 1 N–H and O–H groups in total. The van der Waals surface area contributed by atoms with Crippen molar-refractivity contribution in [1.82, 2.24) is 20.2 Å². The lowest BCUT2D eigenvalue weighted by Gasteiger charge is -2.07. The number of nitrogens with zero attached hydrogens (tertiary/aromatic N) is 4. The number of hydrogen-bond acceptors (Lipinski definition) is 4. The summed E-state index contributed by atoms with van der Waals surface area (Å²) in [5.41, 5.74) is 3.53. The van der Waals surface area contributed by atoms with Crippen molar-refractivity contribution in [3.8, 4) is 11.4 Å². The number of nitrogens with one attached hydrogen (secondary N) is 1. The molecule has 2 aromatic carbocycles. The molecule has 122 valence electrons. The summed E-state index contributed by atoms with van der Waals surface area (Å²) in [7, 11) is 0. The van der Waals surface area contributed by atoms with Crippen molar-refractivity contribution in [3.05, 3.63) is 58.6 Å². The van der Waals surface area contributed by atoms with E-state index in [9.17, 15) is 4.79 Å². The number of hydrogen-bond donors (Lipinski definition) is 1. The van der Waals surface area contributed by atoms with E-state index < -0.39 is 0 Å². The van der Waals surface area contributed by atoms with Crippen molar-refractivity contribution in [2.75, 3.05) is 5.32 Å². The normalized spacial score (nSPS) is 10.6. The monoisotopic (exact) mass is 341 g/mol. The van der Waals surface area contributed by atoms with Crippen molar-refractivity contribution in [2.45, 2.75) is 20.4 Å². The number of anilines is 1. The van der Waals surface area contributed by atoms with E-state index >= 15 is 0 Å². The van der Waals surface area contributed by atoms with Gasteiger partial charge in [-0.3, -0.25) is 4.79 Å². The van der Waals surface area contributed by atoms with Crippen LogP contribution in [0, 0.1) is 13.8 Å². The molecule has 6 nitrogen and oxygen atoms in total. The zero-order valence-corrected chi connectivity index (χ0v) is 14.1. The largest absolute Gasteiger partial charge is 0.323 e. The van der Waals surface area contributed by atoms with Crippen LogP contribution in [0.15, 0.2) is 42.5 Å². The fourth-order valence-electron chi connectivity index (χ4n) is 2.28. The Hall–Kier alpha value is -2.73. The Bertz CT molecular complexity index is 890. The highest BCUT2D eigenvalue weighted by molar-refractivity contribution is 6.33. The Morgan fingerprint density at radius 2 is 2.00 bits per heavy atom. The van der Waals surface area contributed by atoms with Crippen molar-refractivity contribution < 1.29 is 4.79 Å². The van der Waals surface area contributed by atoms with Gasteiger partial charge < -0.3 is 5.32 Å². The number of aryl methyl sites for hydroxylation is 2. The van der Waals surface area contributed by atoms with Gasteiger partial charge in [-0.25, -0.2) is 0 Å². The number of tetrazole rings is 1. The van der Waals surface area contributed by atoms with Crippen molar-refractivity contribution >= 4 is 23.2 Å². The Morgan fingerprint density at radius 1 is 1.21 bits per heavy atom. The highest BCUT2D eigenvalue weighted by Gasteiger charge is 2.12. The third-order valence-electron chi connectivity index (χ3n) is 3.52. The van der Waals surface area contributed by atoms with E-state index in [1.165, 1.54) is 4.80 Å². The molecule has 3 aromatic rings. The van der Waals surface area contributed by atoms with Crippen molar-refractivity contribution in [1.29, 1.82) is 0 Å². The van der Waals surface area contributed by atoms with E-state index in [4.69, 9.17) is 11.6 Å². The highest BCUT2D eigenvalue weighted by Crippen LogP contribution is 2.22. The molecule has 0 saturated carbocycles. The van der Waals surface area contributed by atoms with Gasteiger partial charge >= 0.3 is 0 Å². The minimum absolute atomic E-state index is 0.0386. The molecular weight excluding hydrogens is 326 g/mol. The van der Waals surface area contributed by atoms with E-state index in [0.717, 1.165) is 16.7 Å². The highest BCUT2D eigenvalue weighted by atomic mass is 35.5. The third kappa shape index (κ3) is 3.60. The lowest BCUT2D eigenvalue weighted by atomic mass is 10.1. The number of amides is 1. The lowest BCUT2D eigenvalue weighted by Crippen LogP contribution is -2.20. The van der Waals surface area contributed by atoms with E-state index in [-0.39, 0.29) is 12.5 Å². The Morgan fingerprint density at radius 3 is 2.75 bits per heavy atom. The van der Waals surface area contributed by atoms with Gasteiger partial charge in [0, 0.05) is 5.56 Å². The van der Waals surface area contributed by atoms with Gasteiger partial charge in [0.2, 0.25) is 11.7 Å². The number of rotatable bonds is 4. The van der Waals surface area contributed by atoms with E-state index in [0.29, 0.717) is 16.5 Å². The first-order valence-corrected chi connectivity index (χ1v) is 7.80. The number of carbonyl (C=O) groups excluding carboxylic acids is 1. The zero-order chi connectivity index (χ0) is 17.1. The van der Waals surface area contributed by atoms with Crippen molar-refractivity contribution in [2.24, 2.45) is 0 Å². The maximum absolute atomic E-state index is 12.1. The first-order valence-electron chi connectivity index (χ1n) is 7.43. The van der Waals surface area contributed by atoms with Crippen LogP contribution in [0.4, 0.5) is 5.69 Å². The smallest absolute Gasteiger partial charge is 0.248 e. The molecule has 0 aliphatic carbocycles. The Balaban J connectivity index is 1.70. The van der Waals surface area contributed by atoms with Crippen LogP contribution in [-0.4, -0.2) is 26.1 Å². The van der Waals surface area contributed by atoms with Gasteiger partial charge in [0.15, 0.2) is 0 Å². The molecule has 0 atom stereocenters. The molecule has 0 aliphatic rings. The Labute approximate surface area is 144 Å². The molecule has 0 radical (unpaired) electrons. The van der Waals surface area contributed by atoms with Crippen LogP contribution in [-0.2, 0) is 11.3 Å². The molecule has 0 spiro atoms. The molecule has 0 aliphatic heterocycles. The van der Waals surface area contributed by atoms with Crippen LogP contribution in [0.3, 0.4) is 0 Å². The van der Waals surface area contributed by atoms with Crippen LogP contribution in [0.5, 0.6) is 0 Å². The SMILES string of the molecule is Cc1ccc(NC(=O)Cn2nnc(-c3ccccc3C)n2)c(Cl)c1. The average Bonchev–Trinajstić information content (AvgIpc) is 2.99. The topological polar surface area (TPSA) is 72.7 Å². The Kier molecular flexibility index (Phi) is 4.57. The van der Waals surface area contributed by atoms with Gasteiger partial charge in [0.1, 0.15) is 6.54 Å². The first-order chi connectivity index (χ1) is 11.5. The standard InChI is InChI=1S/C17H16ClN5O/c1-11-7-8-15(14(18)9-11)19-16(24)10-23-21-17(20-22-23)13-6-4-3-5-12(13)2/h3-9H,10H2,1-2H3,(H,19,24). The predicted molar refractivity (Wildman–Crippen MR) is 92.8 cm³/mol. The molecule has 7 heteroatoms. The summed E-state index contributed by atoms with van der Waals surface area (Å²) in [4.78, 5) is 13.4. The summed E-state index contributed by atoms with van der Waals surface area (Å²) in [6.07, 6.45) is 0. The summed E-state index contributed by atoms with van der Waals surface area (Å²) in [6.45, 7) is 3.87. The molecule has 0 unspecified atom stereocenters. The first kappa shape index (κ1) is 16.1. The van der Waals surface area contributed by atoms with Gasteiger partial charge in [0.05, 0.1) is 10.7 Å². The fourth-order valence-corrected chi connectivity index (χ4v) is 2.56. The average molecular weight is 342 g/mol. The van der Waals surface area contributed by atoms with Crippen LogP contribution in [0.2, 0.25) is 5.02 Å². The van der Waals surface area contributed by atoms with Gasteiger partial charge in [0.25, 0.3) is 0 Å². The predicted octanol–water partition coefficient (Wildman–Crippen LogP) is 3.25. The van der Waals surface area contributed by atoms with Gasteiger partial charge in [-0.15, -0.1) is 10.2 Å². The van der Waals surface area contributed by atoms with E-state index in [2.05, 4.69) is 20.7 Å². The zero-order valence-electron chi connectivity index (χ0n) is 13.3. The summed E-state index contributed by atoms with van der Waals surface area (Å²) < 4.78 is 0. The van der Waals surface area contributed by atoms with Crippen molar-refractivity contribution in [3.63, 3.8) is 0 Å². The van der Waals surface area contributed by atoms with E-state index in [1.807, 2.05) is 44.2 Å². The maximum Gasteiger partial charge on any atom is 0.248 e. The molecule has 3 rings (SSSR count). The van der Waals surface area contributed by atoms with Gasteiger partial charge in [-0.1, -0.05) is 41.9 Å². The molecule has 0 saturated heterocycles. The van der Waals surface area contributed by atoms with Gasteiger partial charge in [-0.2, -0.15) is 4.80 Å². The molecule has 1 aromatic heterocycles. The summed E-state index contributed by atoms with van der Waals surface area (Å²) in [5.74, 6) is 0.226. The van der Waals surface area contributed by atoms with Crippen LogP contribution in [0.25, 0.3) is 11.4 Å². The maximum atomic E-state index is 12.1. The molecule has 0 fully saturated rings. The molecule has 24 heavy (non-hydrogen) atoms. The second-order valence-corrected chi connectivity index (χ2v) is 5.90. The second-order valence-electron chi connectivity index (χ2n) is 5.49. The summed E-state index contributed by atoms with van der Waals surface area (Å²) in [5, 5.41) is 15.4. The molecule has 0 bridgehead atoms. The number of halogens is 1. The molecular formula is C17H16ClN5O. The van der Waals surface area contributed by atoms with Crippen LogP contribution >= 0.6 is 11.6 Å². The summed E-state index contributed by atoms with van der Waals surface area (Å²) in [6, 6.07) is 13.2. The van der Waals surface area contributed by atoms with E-state index in [1.54, 1.807) is 12.1 Å². The quantitative estimate of drug-likeness (QED) is 0.790. The van der Waals surface area contributed by atoms with Crippen LogP contribution in [0.1, 0.15) is 11.1 Å². The van der Waals surface area contributed by atoms with Crippen LogP contribution < -0.4 is 5.32 Å².